The molecule has 0 fully saturated rings. The zero-order valence-corrected chi connectivity index (χ0v) is 29.9. The number of carboxylic acids is 1. The Balaban J connectivity index is 3.80. The number of aliphatic carboxylic acids is 1. The third kappa shape index (κ3) is 35.9. The van der Waals surface area contributed by atoms with E-state index in [1.165, 1.54) is 70.6 Å². The van der Waals surface area contributed by atoms with Gasteiger partial charge in [0.1, 0.15) is 6.10 Å². The molecule has 0 aromatic heterocycles. The number of allylic oxidation sites excluding steroid dienone is 12. The third-order valence-electron chi connectivity index (χ3n) is 7.93. The second-order valence-corrected chi connectivity index (χ2v) is 12.4. The van der Waals surface area contributed by atoms with Crippen LogP contribution in [0.15, 0.2) is 72.9 Å². The minimum absolute atomic E-state index is 0.0947. The molecule has 0 aromatic rings. The maximum absolute atomic E-state index is 12.3. The monoisotopic (exact) mass is 639 g/mol. The molecule has 0 rings (SSSR count). The molecule has 1 unspecified atom stereocenters. The molecule has 4 heteroatoms. The standard InChI is InChI=1S/C42H70O4/c1-3-5-7-9-11-13-15-17-18-19-20-21-22-23-24-26-28-30-32-34-36-38-42(45)46-40(39-41(43)44)37-35-33-31-29-27-25-16-14-12-10-8-6-4-2/h5,7,11,13,17-18,20-21,23-24,28,30,40H,3-4,6,8-10,12,14-16,19,22,25-27,29,31-39H2,1-2H3,(H,43,44)/b7-5-,13-11-,18-17-,21-20-,24-23-,30-28-. The average molecular weight is 639 g/mol. The molecular weight excluding hydrogens is 568 g/mol. The topological polar surface area (TPSA) is 63.6 Å². The van der Waals surface area contributed by atoms with Crippen molar-refractivity contribution in [3.8, 4) is 0 Å². The molecule has 1 atom stereocenters. The fourth-order valence-electron chi connectivity index (χ4n) is 5.20. The highest BCUT2D eigenvalue weighted by molar-refractivity contribution is 5.71. The van der Waals surface area contributed by atoms with E-state index in [0.29, 0.717) is 12.8 Å². The number of hydrogen-bond donors (Lipinski definition) is 1. The van der Waals surface area contributed by atoms with Gasteiger partial charge in [-0.1, -0.05) is 164 Å². The lowest BCUT2D eigenvalue weighted by Gasteiger charge is -2.16. The van der Waals surface area contributed by atoms with Gasteiger partial charge in [-0.3, -0.25) is 9.59 Å². The molecule has 262 valence electrons. The van der Waals surface area contributed by atoms with E-state index < -0.39 is 12.1 Å². The predicted molar refractivity (Wildman–Crippen MR) is 199 cm³/mol. The van der Waals surface area contributed by atoms with Crippen molar-refractivity contribution in [3.05, 3.63) is 72.9 Å². The summed E-state index contributed by atoms with van der Waals surface area (Å²) in [7, 11) is 0. The summed E-state index contributed by atoms with van der Waals surface area (Å²) in [6, 6.07) is 0. The summed E-state index contributed by atoms with van der Waals surface area (Å²) >= 11 is 0. The van der Waals surface area contributed by atoms with Crippen molar-refractivity contribution >= 4 is 11.9 Å². The lowest BCUT2D eigenvalue weighted by atomic mass is 10.0. The Labute approximate surface area is 284 Å². The average Bonchev–Trinajstić information content (AvgIpc) is 3.03. The zero-order chi connectivity index (χ0) is 33.6. The quantitative estimate of drug-likeness (QED) is 0.0441. The van der Waals surface area contributed by atoms with E-state index in [0.717, 1.165) is 70.6 Å². The van der Waals surface area contributed by atoms with E-state index in [1.54, 1.807) is 0 Å². The first-order chi connectivity index (χ1) is 22.6. The number of carboxylic acid groups (broad SMARTS) is 1. The number of carbonyl (C=O) groups is 2. The SMILES string of the molecule is CC/C=C\C/C=C\C/C=C\C/C=C\C/C=C\C/C=C\CCCCC(=O)OC(CCCCCCCCCCCCCCC)CC(=O)O. The van der Waals surface area contributed by atoms with Gasteiger partial charge in [0, 0.05) is 6.42 Å². The zero-order valence-electron chi connectivity index (χ0n) is 29.9. The molecule has 1 N–H and O–H groups in total. The van der Waals surface area contributed by atoms with E-state index >= 15 is 0 Å². The van der Waals surface area contributed by atoms with Gasteiger partial charge < -0.3 is 9.84 Å². The minimum Gasteiger partial charge on any atom is -0.481 e. The van der Waals surface area contributed by atoms with Gasteiger partial charge in [0.2, 0.25) is 0 Å². The van der Waals surface area contributed by atoms with Crippen molar-refractivity contribution in [2.75, 3.05) is 0 Å². The highest BCUT2D eigenvalue weighted by Gasteiger charge is 2.17. The van der Waals surface area contributed by atoms with Crippen LogP contribution < -0.4 is 0 Å². The molecule has 0 bridgehead atoms. The summed E-state index contributed by atoms with van der Waals surface area (Å²) in [5.74, 6) is -1.16. The van der Waals surface area contributed by atoms with Crippen LogP contribution in [0.3, 0.4) is 0 Å². The van der Waals surface area contributed by atoms with Crippen molar-refractivity contribution in [1.82, 2.24) is 0 Å². The highest BCUT2D eigenvalue weighted by atomic mass is 16.5. The first-order valence-corrected chi connectivity index (χ1v) is 18.9. The Morgan fingerprint density at radius 2 is 0.935 bits per heavy atom. The first-order valence-electron chi connectivity index (χ1n) is 18.9. The number of unbranched alkanes of at least 4 members (excludes halogenated alkanes) is 14. The summed E-state index contributed by atoms with van der Waals surface area (Å²) in [6.07, 6.45) is 52.0. The first kappa shape index (κ1) is 43.4. The lowest BCUT2D eigenvalue weighted by molar-refractivity contribution is -0.153. The van der Waals surface area contributed by atoms with Crippen LogP contribution >= 0.6 is 0 Å². The number of rotatable bonds is 33. The van der Waals surface area contributed by atoms with Gasteiger partial charge in [0.15, 0.2) is 0 Å². The number of esters is 1. The van der Waals surface area contributed by atoms with Crippen LogP contribution in [0.1, 0.15) is 174 Å². The van der Waals surface area contributed by atoms with Crippen molar-refractivity contribution < 1.29 is 19.4 Å². The van der Waals surface area contributed by atoms with Crippen LogP contribution in [-0.2, 0) is 14.3 Å². The summed E-state index contributed by atoms with van der Waals surface area (Å²) < 4.78 is 5.55. The molecule has 0 aliphatic carbocycles. The summed E-state index contributed by atoms with van der Waals surface area (Å²) in [4.78, 5) is 23.6. The van der Waals surface area contributed by atoms with Crippen LogP contribution in [0.25, 0.3) is 0 Å². The number of ether oxygens (including phenoxy) is 1. The predicted octanol–water partition coefficient (Wildman–Crippen LogP) is 13.1. The van der Waals surface area contributed by atoms with Gasteiger partial charge in [-0.05, 0) is 70.6 Å². The second-order valence-electron chi connectivity index (χ2n) is 12.4. The van der Waals surface area contributed by atoms with Crippen LogP contribution in [-0.4, -0.2) is 23.1 Å². The largest absolute Gasteiger partial charge is 0.481 e. The molecule has 46 heavy (non-hydrogen) atoms. The molecule has 0 heterocycles. The molecule has 0 spiro atoms. The van der Waals surface area contributed by atoms with Crippen LogP contribution in [0.2, 0.25) is 0 Å². The molecule has 4 nitrogen and oxygen atoms in total. The molecular formula is C42H70O4. The fourth-order valence-corrected chi connectivity index (χ4v) is 5.20. The Hall–Kier alpha value is -2.62. The molecule has 0 amide bonds. The van der Waals surface area contributed by atoms with E-state index in [9.17, 15) is 14.7 Å². The van der Waals surface area contributed by atoms with Crippen LogP contribution in [0.5, 0.6) is 0 Å². The maximum Gasteiger partial charge on any atom is 0.307 e. The fraction of sp³-hybridized carbons (Fsp3) is 0.667. The molecule has 0 aromatic carbocycles. The van der Waals surface area contributed by atoms with Gasteiger partial charge in [-0.15, -0.1) is 0 Å². The maximum atomic E-state index is 12.3. The van der Waals surface area contributed by atoms with Gasteiger partial charge >= 0.3 is 11.9 Å². The number of carbonyl (C=O) groups excluding carboxylic acids is 1. The van der Waals surface area contributed by atoms with E-state index in [2.05, 4.69) is 86.8 Å². The molecule has 0 radical (unpaired) electrons. The van der Waals surface area contributed by atoms with Crippen molar-refractivity contribution in [2.24, 2.45) is 0 Å². The van der Waals surface area contributed by atoms with E-state index in [1.807, 2.05) is 0 Å². The van der Waals surface area contributed by atoms with Gasteiger partial charge in [-0.2, -0.15) is 0 Å². The van der Waals surface area contributed by atoms with Gasteiger partial charge in [0.05, 0.1) is 6.42 Å². The molecule has 0 aliphatic rings. The van der Waals surface area contributed by atoms with Crippen molar-refractivity contribution in [2.45, 2.75) is 180 Å². The minimum atomic E-state index is -0.898. The second kappa shape index (κ2) is 36.8. The Bertz CT molecular complexity index is 861. The smallest absolute Gasteiger partial charge is 0.307 e. The normalized spacial score (nSPS) is 13.1. The Morgan fingerprint density at radius 1 is 0.522 bits per heavy atom. The van der Waals surface area contributed by atoms with E-state index in [4.69, 9.17) is 4.74 Å². The van der Waals surface area contributed by atoms with Crippen molar-refractivity contribution in [1.29, 1.82) is 0 Å². The van der Waals surface area contributed by atoms with Crippen molar-refractivity contribution in [3.63, 3.8) is 0 Å². The number of hydrogen-bond acceptors (Lipinski definition) is 3. The summed E-state index contributed by atoms with van der Waals surface area (Å²) in [6.45, 7) is 4.41. The lowest BCUT2D eigenvalue weighted by Crippen LogP contribution is -2.21. The molecule has 0 aliphatic heterocycles. The van der Waals surface area contributed by atoms with Crippen LogP contribution in [0, 0.1) is 0 Å². The van der Waals surface area contributed by atoms with Crippen LogP contribution in [0.4, 0.5) is 0 Å². The van der Waals surface area contributed by atoms with Gasteiger partial charge in [0.25, 0.3) is 0 Å². The molecule has 0 saturated carbocycles. The summed E-state index contributed by atoms with van der Waals surface area (Å²) in [5, 5.41) is 9.24. The Morgan fingerprint density at radius 3 is 1.37 bits per heavy atom. The third-order valence-corrected chi connectivity index (χ3v) is 7.93. The van der Waals surface area contributed by atoms with Gasteiger partial charge in [-0.25, -0.2) is 0 Å². The summed E-state index contributed by atoms with van der Waals surface area (Å²) in [5.41, 5.74) is 0. The molecule has 0 saturated heterocycles. The Kier molecular flexibility index (Phi) is 34.7. The van der Waals surface area contributed by atoms with E-state index in [-0.39, 0.29) is 12.4 Å². The highest BCUT2D eigenvalue weighted by Crippen LogP contribution is 2.16.